The molecule has 0 aliphatic heterocycles. The van der Waals surface area contributed by atoms with Crippen molar-refractivity contribution in [2.75, 3.05) is 7.11 Å². The molecule has 0 spiro atoms. The molecule has 0 amide bonds. The van der Waals surface area contributed by atoms with E-state index in [-0.39, 0.29) is 17.1 Å². The molecule has 0 radical (unpaired) electrons. The number of halogens is 2. The molecule has 33 heavy (non-hydrogen) atoms. The summed E-state index contributed by atoms with van der Waals surface area (Å²) in [5.41, 5.74) is 2.16. The van der Waals surface area contributed by atoms with Crippen molar-refractivity contribution in [1.29, 1.82) is 5.26 Å². The number of aromatic nitrogens is 2. The maximum atomic E-state index is 13.3. The van der Waals surface area contributed by atoms with Gasteiger partial charge in [0.05, 0.1) is 35.3 Å². The molecule has 0 saturated carbocycles. The number of nitriles is 1. The van der Waals surface area contributed by atoms with E-state index in [1.54, 1.807) is 54.6 Å². The fourth-order valence-electron chi connectivity index (χ4n) is 3.26. The summed E-state index contributed by atoms with van der Waals surface area (Å²) in [6, 6.07) is 20.5. The Hall–Kier alpha value is -3.90. The molecule has 166 valence electrons. The number of rotatable bonds is 7. The van der Waals surface area contributed by atoms with Crippen LogP contribution in [0.25, 0.3) is 16.6 Å². The Morgan fingerprint density at radius 2 is 1.85 bits per heavy atom. The van der Waals surface area contributed by atoms with Gasteiger partial charge < -0.3 is 9.47 Å². The summed E-state index contributed by atoms with van der Waals surface area (Å²) in [7, 11) is 1.37. The highest BCUT2D eigenvalue weighted by molar-refractivity contribution is 7.98. The van der Waals surface area contributed by atoms with Crippen molar-refractivity contribution in [3.8, 4) is 23.3 Å². The minimum Gasteiger partial charge on any atom is -0.493 e. The van der Waals surface area contributed by atoms with Crippen molar-refractivity contribution in [3.63, 3.8) is 0 Å². The van der Waals surface area contributed by atoms with Crippen molar-refractivity contribution in [2.45, 2.75) is 17.5 Å². The van der Waals surface area contributed by atoms with Crippen LogP contribution in [0.4, 0.5) is 8.78 Å². The van der Waals surface area contributed by atoms with Gasteiger partial charge in [0, 0.05) is 5.75 Å². The van der Waals surface area contributed by atoms with E-state index in [1.807, 2.05) is 6.07 Å². The second-order valence-corrected chi connectivity index (χ2v) is 7.81. The first-order valence-corrected chi connectivity index (χ1v) is 10.8. The zero-order chi connectivity index (χ0) is 23.4. The van der Waals surface area contributed by atoms with Crippen LogP contribution in [0.3, 0.4) is 0 Å². The van der Waals surface area contributed by atoms with Crippen LogP contribution < -0.4 is 15.0 Å². The normalized spacial score (nSPS) is 10.9. The van der Waals surface area contributed by atoms with Crippen LogP contribution in [0.5, 0.6) is 11.5 Å². The molecule has 9 heteroatoms. The second-order valence-electron chi connectivity index (χ2n) is 6.86. The molecule has 1 heterocycles. The van der Waals surface area contributed by atoms with Crippen molar-refractivity contribution >= 4 is 22.7 Å². The number of fused-ring (bicyclic) bond motifs is 1. The fraction of sp³-hybridized carbons (Fsp3) is 0.125. The summed E-state index contributed by atoms with van der Waals surface area (Å²) in [4.78, 5) is 18.0. The summed E-state index contributed by atoms with van der Waals surface area (Å²) >= 11 is 1.32. The Morgan fingerprint density at radius 1 is 1.09 bits per heavy atom. The van der Waals surface area contributed by atoms with Crippen molar-refractivity contribution < 1.29 is 18.3 Å². The number of hydrogen-bond donors (Lipinski definition) is 0. The minimum absolute atomic E-state index is 0.0560. The predicted molar refractivity (Wildman–Crippen MR) is 121 cm³/mol. The number of para-hydroxylation sites is 1. The van der Waals surface area contributed by atoms with Gasteiger partial charge in [0.25, 0.3) is 5.56 Å². The minimum atomic E-state index is -2.96. The molecule has 0 fully saturated rings. The molecule has 0 aliphatic rings. The Bertz CT molecular complexity index is 1400. The maximum absolute atomic E-state index is 13.3. The number of thioether (sulfide) groups is 1. The average Bonchev–Trinajstić information content (AvgIpc) is 2.83. The highest BCUT2D eigenvalue weighted by Crippen LogP contribution is 2.32. The van der Waals surface area contributed by atoms with Gasteiger partial charge >= 0.3 is 6.61 Å². The van der Waals surface area contributed by atoms with E-state index in [2.05, 4.69) is 15.8 Å². The van der Waals surface area contributed by atoms with E-state index in [0.29, 0.717) is 33.1 Å². The zero-order valence-electron chi connectivity index (χ0n) is 17.4. The summed E-state index contributed by atoms with van der Waals surface area (Å²) in [6.45, 7) is -2.96. The molecule has 4 rings (SSSR count). The third kappa shape index (κ3) is 4.81. The molecule has 6 nitrogen and oxygen atoms in total. The number of benzene rings is 3. The van der Waals surface area contributed by atoms with Crippen LogP contribution in [0.1, 0.15) is 11.1 Å². The van der Waals surface area contributed by atoms with Crippen molar-refractivity contribution in [3.05, 3.63) is 88.2 Å². The van der Waals surface area contributed by atoms with Gasteiger partial charge in [0.15, 0.2) is 16.7 Å². The smallest absolute Gasteiger partial charge is 0.387 e. The molecule has 1 aromatic heterocycles. The lowest BCUT2D eigenvalue weighted by Crippen LogP contribution is -2.21. The van der Waals surface area contributed by atoms with Crippen LogP contribution in [0.15, 0.2) is 76.7 Å². The molecule has 3 aromatic carbocycles. The monoisotopic (exact) mass is 465 g/mol. The van der Waals surface area contributed by atoms with Gasteiger partial charge in [-0.15, -0.1) is 0 Å². The molecule has 0 N–H and O–H groups in total. The van der Waals surface area contributed by atoms with Gasteiger partial charge in [-0.05, 0) is 54.1 Å². The Labute approximate surface area is 192 Å². The molecule has 4 aromatic rings. The summed E-state index contributed by atoms with van der Waals surface area (Å²) in [6.07, 6.45) is 0. The number of methoxy groups -OCH3 is 1. The van der Waals surface area contributed by atoms with Gasteiger partial charge in [-0.3, -0.25) is 9.36 Å². The highest BCUT2D eigenvalue weighted by atomic mass is 32.2. The summed E-state index contributed by atoms with van der Waals surface area (Å²) < 4.78 is 36.3. The number of ether oxygens (including phenoxy) is 2. The van der Waals surface area contributed by atoms with Crippen LogP contribution in [-0.4, -0.2) is 23.3 Å². The van der Waals surface area contributed by atoms with Gasteiger partial charge in [0.1, 0.15) is 0 Å². The van der Waals surface area contributed by atoms with E-state index < -0.39 is 6.61 Å². The van der Waals surface area contributed by atoms with E-state index in [9.17, 15) is 13.6 Å². The van der Waals surface area contributed by atoms with Crippen LogP contribution >= 0.6 is 11.8 Å². The van der Waals surface area contributed by atoms with Crippen LogP contribution in [0, 0.1) is 11.3 Å². The van der Waals surface area contributed by atoms with E-state index in [0.717, 1.165) is 5.56 Å². The fourth-order valence-corrected chi connectivity index (χ4v) is 4.22. The SMILES string of the molecule is COc1cc(CSc2nc3ccccc3c(=O)n2-c2ccc(C#N)cc2)ccc1OC(F)F. The van der Waals surface area contributed by atoms with E-state index in [4.69, 9.17) is 10.00 Å². The quantitative estimate of drug-likeness (QED) is 0.277. The number of alkyl halides is 2. The Balaban J connectivity index is 1.73. The molecular weight excluding hydrogens is 448 g/mol. The Morgan fingerprint density at radius 3 is 2.55 bits per heavy atom. The molecule has 0 unspecified atom stereocenters. The van der Waals surface area contributed by atoms with Crippen molar-refractivity contribution in [2.24, 2.45) is 0 Å². The van der Waals surface area contributed by atoms with Gasteiger partial charge in [-0.25, -0.2) is 4.98 Å². The molecule has 0 atom stereocenters. The standard InChI is InChI=1S/C24H17F2N3O3S/c1-31-21-12-16(8-11-20(21)32-23(25)26)14-33-24-28-19-5-3-2-4-18(19)22(30)29(24)17-9-6-15(13-27)7-10-17/h2-12,23H,14H2,1H3. The third-order valence-electron chi connectivity index (χ3n) is 4.81. The van der Waals surface area contributed by atoms with Crippen LogP contribution in [-0.2, 0) is 5.75 Å². The highest BCUT2D eigenvalue weighted by Gasteiger charge is 2.15. The third-order valence-corrected chi connectivity index (χ3v) is 5.82. The lowest BCUT2D eigenvalue weighted by Gasteiger charge is -2.14. The second kappa shape index (κ2) is 9.71. The first kappa shape index (κ1) is 22.3. The summed E-state index contributed by atoms with van der Waals surface area (Å²) in [5.74, 6) is 0.524. The molecule has 0 bridgehead atoms. The first-order chi connectivity index (χ1) is 16.0. The van der Waals surface area contributed by atoms with E-state index in [1.165, 1.54) is 29.5 Å². The van der Waals surface area contributed by atoms with Gasteiger partial charge in [0.2, 0.25) is 0 Å². The largest absolute Gasteiger partial charge is 0.493 e. The van der Waals surface area contributed by atoms with Crippen molar-refractivity contribution in [1.82, 2.24) is 9.55 Å². The van der Waals surface area contributed by atoms with Gasteiger partial charge in [-0.1, -0.05) is 30.0 Å². The maximum Gasteiger partial charge on any atom is 0.387 e. The number of hydrogen-bond acceptors (Lipinski definition) is 6. The summed E-state index contributed by atoms with van der Waals surface area (Å²) in [5, 5.41) is 10.0. The zero-order valence-corrected chi connectivity index (χ0v) is 18.2. The molecule has 0 aliphatic carbocycles. The van der Waals surface area contributed by atoms with Crippen LogP contribution in [0.2, 0.25) is 0 Å². The topological polar surface area (TPSA) is 77.1 Å². The van der Waals surface area contributed by atoms with Gasteiger partial charge in [-0.2, -0.15) is 14.0 Å². The lowest BCUT2D eigenvalue weighted by atomic mass is 10.2. The first-order valence-electron chi connectivity index (χ1n) is 9.77. The number of nitrogens with zero attached hydrogens (tertiary/aromatic N) is 3. The van der Waals surface area contributed by atoms with E-state index >= 15 is 0 Å². The molecule has 0 saturated heterocycles. The Kier molecular flexibility index (Phi) is 6.56. The molecular formula is C24H17F2N3O3S. The predicted octanol–water partition coefficient (Wildman–Crippen LogP) is 5.16. The average molecular weight is 465 g/mol. The lowest BCUT2D eigenvalue weighted by molar-refractivity contribution is -0.0512.